The van der Waals surface area contributed by atoms with Crippen molar-refractivity contribution >= 4 is 33.5 Å². The fourth-order valence-electron chi connectivity index (χ4n) is 1.45. The highest BCUT2D eigenvalue weighted by Gasteiger charge is 2.28. The molecule has 0 bridgehead atoms. The molecule has 1 N–H and O–H groups in total. The lowest BCUT2D eigenvalue weighted by atomic mass is 9.86. The summed E-state index contributed by atoms with van der Waals surface area (Å²) in [6, 6.07) is 3.43. The van der Waals surface area contributed by atoms with E-state index in [1.165, 1.54) is 0 Å². The highest BCUT2D eigenvalue weighted by molar-refractivity contribution is 9.10. The summed E-state index contributed by atoms with van der Waals surface area (Å²) in [5, 5.41) is 9.64. The molecule has 5 heteroatoms. The van der Waals surface area contributed by atoms with E-state index in [4.69, 9.17) is 21.4 Å². The van der Waals surface area contributed by atoms with Crippen LogP contribution in [0.2, 0.25) is 5.02 Å². The Kier molecular flexibility index (Phi) is 4.44. The van der Waals surface area contributed by atoms with Gasteiger partial charge in [0.25, 0.3) is 0 Å². The monoisotopic (exact) mass is 320 g/mol. The van der Waals surface area contributed by atoms with Gasteiger partial charge in [-0.05, 0) is 53.9 Å². The first kappa shape index (κ1) is 14.3. The number of benzene rings is 1. The summed E-state index contributed by atoms with van der Waals surface area (Å²) >= 11 is 9.36. The maximum Gasteiger partial charge on any atom is 0.309 e. The smallest absolute Gasteiger partial charge is 0.309 e. The number of carboxylic acid groups (broad SMARTS) is 1. The zero-order chi connectivity index (χ0) is 13.2. The van der Waals surface area contributed by atoms with Gasteiger partial charge < -0.3 is 9.84 Å². The fraction of sp³-hybridized carbons (Fsp3) is 0.417. The summed E-state index contributed by atoms with van der Waals surface area (Å²) in [6.45, 7) is 3.35. The van der Waals surface area contributed by atoms with Crippen LogP contribution in [0.1, 0.15) is 19.4 Å². The number of ether oxygens (including phenoxy) is 1. The molecule has 0 fully saturated rings. The van der Waals surface area contributed by atoms with Gasteiger partial charge in [0.2, 0.25) is 0 Å². The average Bonchev–Trinajstić information content (AvgIpc) is 2.22. The molecule has 0 aliphatic rings. The van der Waals surface area contributed by atoms with Gasteiger partial charge in [-0.1, -0.05) is 11.6 Å². The van der Waals surface area contributed by atoms with Gasteiger partial charge in [-0.15, -0.1) is 0 Å². The number of carbonyl (C=O) groups is 1. The molecule has 0 saturated carbocycles. The Labute approximate surface area is 114 Å². The molecule has 0 saturated heterocycles. The predicted octanol–water partition coefficient (Wildman–Crippen LogP) is 3.76. The van der Waals surface area contributed by atoms with E-state index in [-0.39, 0.29) is 0 Å². The van der Waals surface area contributed by atoms with E-state index >= 15 is 0 Å². The number of hydrogen-bond acceptors (Lipinski definition) is 2. The van der Waals surface area contributed by atoms with Crippen LogP contribution < -0.4 is 4.74 Å². The zero-order valence-electron chi connectivity index (χ0n) is 9.88. The molecule has 1 rings (SSSR count). The van der Waals surface area contributed by atoms with Crippen LogP contribution in [0.25, 0.3) is 0 Å². The second kappa shape index (κ2) is 5.27. The molecule has 0 radical (unpaired) electrons. The Morgan fingerprint density at radius 2 is 2.12 bits per heavy atom. The first-order chi connectivity index (χ1) is 7.77. The second-order valence-corrected chi connectivity index (χ2v) is 5.68. The summed E-state index contributed by atoms with van der Waals surface area (Å²) in [5.74, 6) is -0.239. The van der Waals surface area contributed by atoms with Gasteiger partial charge in [0.15, 0.2) is 0 Å². The normalized spacial score (nSPS) is 11.4. The van der Waals surface area contributed by atoms with Crippen molar-refractivity contribution in [3.05, 3.63) is 27.2 Å². The van der Waals surface area contributed by atoms with Gasteiger partial charge in [0.1, 0.15) is 5.75 Å². The molecule has 94 valence electrons. The third-order valence-electron chi connectivity index (χ3n) is 2.51. The number of aliphatic carboxylic acids is 1. The van der Waals surface area contributed by atoms with Crippen molar-refractivity contribution in [3.8, 4) is 5.75 Å². The Morgan fingerprint density at radius 1 is 1.53 bits per heavy atom. The van der Waals surface area contributed by atoms with Gasteiger partial charge >= 0.3 is 5.97 Å². The minimum Gasteiger partial charge on any atom is -0.496 e. The molecule has 17 heavy (non-hydrogen) atoms. The zero-order valence-corrected chi connectivity index (χ0v) is 12.2. The Bertz CT molecular complexity index is 444. The van der Waals surface area contributed by atoms with Crippen LogP contribution in [0, 0.1) is 5.41 Å². The minimum absolute atomic E-state index is 0.375. The maximum absolute atomic E-state index is 11.1. The van der Waals surface area contributed by atoms with E-state index in [0.29, 0.717) is 17.2 Å². The molecule has 0 atom stereocenters. The summed E-state index contributed by atoms with van der Waals surface area (Å²) < 4.78 is 5.91. The Balaban J connectivity index is 3.15. The minimum atomic E-state index is -0.849. The number of carboxylic acids is 1. The first-order valence-corrected chi connectivity index (χ1v) is 6.20. The molecule has 1 aromatic rings. The van der Waals surface area contributed by atoms with Crippen LogP contribution in [0.4, 0.5) is 0 Å². The van der Waals surface area contributed by atoms with E-state index in [0.717, 1.165) is 10.0 Å². The van der Waals surface area contributed by atoms with Crippen LogP contribution in [-0.4, -0.2) is 18.2 Å². The predicted molar refractivity (Wildman–Crippen MR) is 70.8 cm³/mol. The van der Waals surface area contributed by atoms with Crippen molar-refractivity contribution in [2.24, 2.45) is 5.41 Å². The second-order valence-electron chi connectivity index (χ2n) is 4.45. The van der Waals surface area contributed by atoms with Crippen molar-refractivity contribution < 1.29 is 14.6 Å². The van der Waals surface area contributed by atoms with Gasteiger partial charge in [0.05, 0.1) is 17.0 Å². The molecule has 0 heterocycles. The van der Waals surface area contributed by atoms with Crippen molar-refractivity contribution in [2.45, 2.75) is 20.3 Å². The molecular weight excluding hydrogens is 307 g/mol. The van der Waals surface area contributed by atoms with Crippen molar-refractivity contribution in [3.63, 3.8) is 0 Å². The summed E-state index contributed by atoms with van der Waals surface area (Å²) in [4.78, 5) is 11.1. The third kappa shape index (κ3) is 3.36. The number of rotatable bonds is 4. The molecule has 0 aliphatic carbocycles. The summed E-state index contributed by atoms with van der Waals surface area (Å²) in [7, 11) is 1.54. The molecule has 0 aromatic heterocycles. The van der Waals surface area contributed by atoms with Crippen LogP contribution >= 0.6 is 27.5 Å². The Morgan fingerprint density at radius 3 is 2.59 bits per heavy atom. The van der Waals surface area contributed by atoms with Crippen molar-refractivity contribution in [1.82, 2.24) is 0 Å². The number of halogens is 2. The van der Waals surface area contributed by atoms with Gasteiger partial charge in [0, 0.05) is 5.02 Å². The molecule has 0 aliphatic heterocycles. The molecule has 1 aromatic carbocycles. The molecular formula is C12H14BrClO3. The van der Waals surface area contributed by atoms with Gasteiger partial charge in [-0.25, -0.2) is 0 Å². The first-order valence-electron chi connectivity index (χ1n) is 5.03. The van der Waals surface area contributed by atoms with Crippen LogP contribution in [0.5, 0.6) is 5.75 Å². The Hall–Kier alpha value is -0.740. The fourth-order valence-corrected chi connectivity index (χ4v) is 2.21. The lowest BCUT2D eigenvalue weighted by Gasteiger charge is -2.20. The number of hydrogen-bond donors (Lipinski definition) is 1. The lowest BCUT2D eigenvalue weighted by Crippen LogP contribution is -2.26. The highest BCUT2D eigenvalue weighted by Crippen LogP contribution is 2.35. The van der Waals surface area contributed by atoms with Crippen LogP contribution in [0.3, 0.4) is 0 Å². The quantitative estimate of drug-likeness (QED) is 0.918. The topological polar surface area (TPSA) is 46.5 Å². The molecule has 3 nitrogen and oxygen atoms in total. The molecule has 0 amide bonds. The largest absolute Gasteiger partial charge is 0.496 e. The van der Waals surface area contributed by atoms with Crippen molar-refractivity contribution in [1.29, 1.82) is 0 Å². The van der Waals surface area contributed by atoms with E-state index in [2.05, 4.69) is 15.9 Å². The number of methoxy groups -OCH3 is 1. The van der Waals surface area contributed by atoms with Crippen molar-refractivity contribution in [2.75, 3.05) is 7.11 Å². The van der Waals surface area contributed by atoms with Gasteiger partial charge in [-0.2, -0.15) is 0 Å². The van der Waals surface area contributed by atoms with Crippen LogP contribution in [0.15, 0.2) is 16.6 Å². The van der Waals surface area contributed by atoms with Crippen LogP contribution in [-0.2, 0) is 11.2 Å². The van der Waals surface area contributed by atoms with E-state index in [1.807, 2.05) is 0 Å². The third-order valence-corrected chi connectivity index (χ3v) is 3.63. The van der Waals surface area contributed by atoms with E-state index < -0.39 is 11.4 Å². The van der Waals surface area contributed by atoms with E-state index in [1.54, 1.807) is 33.1 Å². The molecule has 0 spiro atoms. The standard InChI is InChI=1S/C12H14BrClO3/c1-12(2,11(15)16)6-7-4-8(14)5-9(17-3)10(7)13/h4-5H,6H2,1-3H3,(H,15,16). The SMILES string of the molecule is COc1cc(Cl)cc(CC(C)(C)C(=O)O)c1Br. The summed E-state index contributed by atoms with van der Waals surface area (Å²) in [5.41, 5.74) is -0.0279. The van der Waals surface area contributed by atoms with E-state index in [9.17, 15) is 4.79 Å². The average molecular weight is 322 g/mol. The lowest BCUT2D eigenvalue weighted by molar-refractivity contribution is -0.146. The van der Waals surface area contributed by atoms with Gasteiger partial charge in [-0.3, -0.25) is 4.79 Å². The highest BCUT2D eigenvalue weighted by atomic mass is 79.9. The maximum atomic E-state index is 11.1. The molecule has 0 unspecified atom stereocenters. The summed E-state index contributed by atoms with van der Waals surface area (Å²) in [6.07, 6.45) is 0.375.